The van der Waals surface area contributed by atoms with Crippen LogP contribution in [-0.4, -0.2) is 24.9 Å². The van der Waals surface area contributed by atoms with Crippen LogP contribution < -0.4 is 10.1 Å². The first-order chi connectivity index (χ1) is 9.28. The van der Waals surface area contributed by atoms with Crippen molar-refractivity contribution in [2.45, 2.75) is 32.6 Å². The van der Waals surface area contributed by atoms with Crippen LogP contribution >= 0.6 is 0 Å². The number of carbonyl (C=O) groups excluding carboxylic acids is 1. The number of nitrogens with one attached hydrogen (secondary N) is 1. The van der Waals surface area contributed by atoms with E-state index in [4.69, 9.17) is 4.74 Å². The van der Waals surface area contributed by atoms with Crippen LogP contribution in [0.5, 0.6) is 5.75 Å². The van der Waals surface area contributed by atoms with E-state index >= 15 is 0 Å². The molecular weight excluding hydrogens is 278 g/mol. The van der Waals surface area contributed by atoms with Crippen molar-refractivity contribution in [1.29, 1.82) is 0 Å². The smallest absolute Gasteiger partial charge is 0.383 e. The molecule has 0 aromatic heterocycles. The standard InChI is InChI=1S/C13H15F4NO2/c1-3-6-20-10-7-8(2)4-5-9(10)18-12(19)13(16,17)11(14)15/h4-5,7,11H,3,6H2,1-2H3,(H,18,19). The molecule has 0 radical (unpaired) electrons. The maximum atomic E-state index is 12.9. The summed E-state index contributed by atoms with van der Waals surface area (Å²) in [5.74, 6) is -6.63. The number of amides is 1. The van der Waals surface area contributed by atoms with Gasteiger partial charge in [0.1, 0.15) is 5.75 Å². The monoisotopic (exact) mass is 293 g/mol. The molecule has 0 atom stereocenters. The Labute approximate surface area is 113 Å². The Balaban J connectivity index is 2.94. The molecule has 20 heavy (non-hydrogen) atoms. The topological polar surface area (TPSA) is 38.3 Å². The van der Waals surface area contributed by atoms with Gasteiger partial charge in [-0.15, -0.1) is 0 Å². The molecule has 0 saturated carbocycles. The van der Waals surface area contributed by atoms with E-state index in [9.17, 15) is 22.4 Å². The molecule has 112 valence electrons. The number of hydrogen-bond acceptors (Lipinski definition) is 2. The van der Waals surface area contributed by atoms with Gasteiger partial charge >= 0.3 is 18.3 Å². The van der Waals surface area contributed by atoms with E-state index in [0.29, 0.717) is 13.0 Å². The molecule has 0 saturated heterocycles. The van der Waals surface area contributed by atoms with Crippen molar-refractivity contribution in [3.63, 3.8) is 0 Å². The zero-order chi connectivity index (χ0) is 15.3. The molecule has 0 aliphatic heterocycles. The highest BCUT2D eigenvalue weighted by Gasteiger charge is 2.49. The van der Waals surface area contributed by atoms with Gasteiger partial charge in [0.25, 0.3) is 0 Å². The molecule has 7 heteroatoms. The highest BCUT2D eigenvalue weighted by molar-refractivity contribution is 5.97. The number of carbonyl (C=O) groups is 1. The number of anilines is 1. The molecule has 1 aromatic carbocycles. The van der Waals surface area contributed by atoms with E-state index in [0.717, 1.165) is 5.56 Å². The number of rotatable bonds is 6. The molecule has 0 spiro atoms. The summed E-state index contributed by atoms with van der Waals surface area (Å²) in [7, 11) is 0. The van der Waals surface area contributed by atoms with E-state index < -0.39 is 18.3 Å². The predicted molar refractivity (Wildman–Crippen MR) is 66.5 cm³/mol. The minimum Gasteiger partial charge on any atom is -0.491 e. The van der Waals surface area contributed by atoms with Gasteiger partial charge in [-0.3, -0.25) is 4.79 Å². The van der Waals surface area contributed by atoms with Crippen LogP contribution in [0.15, 0.2) is 18.2 Å². The SMILES string of the molecule is CCCOc1cc(C)ccc1NC(=O)C(F)(F)C(F)F. The fourth-order valence-electron chi connectivity index (χ4n) is 1.37. The average Bonchev–Trinajstić information content (AvgIpc) is 2.38. The summed E-state index contributed by atoms with van der Waals surface area (Å²) in [5.41, 5.74) is 0.726. The van der Waals surface area contributed by atoms with Crippen LogP contribution in [0.2, 0.25) is 0 Å². The molecule has 0 bridgehead atoms. The normalized spacial score (nSPS) is 11.6. The molecule has 3 nitrogen and oxygen atoms in total. The largest absolute Gasteiger partial charge is 0.491 e. The van der Waals surface area contributed by atoms with E-state index in [1.165, 1.54) is 12.1 Å². The van der Waals surface area contributed by atoms with Gasteiger partial charge in [-0.1, -0.05) is 13.0 Å². The Morgan fingerprint density at radius 3 is 2.60 bits per heavy atom. The Morgan fingerprint density at radius 2 is 2.05 bits per heavy atom. The third kappa shape index (κ3) is 3.85. The molecule has 1 amide bonds. The molecular formula is C13H15F4NO2. The van der Waals surface area contributed by atoms with Gasteiger partial charge in [0.05, 0.1) is 12.3 Å². The highest BCUT2D eigenvalue weighted by Crippen LogP contribution is 2.29. The van der Waals surface area contributed by atoms with Gasteiger partial charge in [-0.25, -0.2) is 8.78 Å². The summed E-state index contributed by atoms with van der Waals surface area (Å²) in [5, 5.41) is 1.77. The second-order valence-electron chi connectivity index (χ2n) is 4.23. The molecule has 0 aliphatic carbocycles. The maximum Gasteiger partial charge on any atom is 0.383 e. The molecule has 0 fully saturated rings. The Bertz CT molecular complexity index is 477. The lowest BCUT2D eigenvalue weighted by Crippen LogP contribution is -2.41. The second-order valence-corrected chi connectivity index (χ2v) is 4.23. The molecule has 0 aliphatic rings. The predicted octanol–water partition coefficient (Wildman–Crippen LogP) is 3.62. The van der Waals surface area contributed by atoms with Crippen molar-refractivity contribution in [3.8, 4) is 5.75 Å². The first kappa shape index (κ1) is 16.3. The van der Waals surface area contributed by atoms with E-state index in [1.807, 2.05) is 6.92 Å². The van der Waals surface area contributed by atoms with Crippen molar-refractivity contribution in [3.05, 3.63) is 23.8 Å². The van der Waals surface area contributed by atoms with E-state index in [-0.39, 0.29) is 11.4 Å². The lowest BCUT2D eigenvalue weighted by Gasteiger charge is -2.17. The van der Waals surface area contributed by atoms with Gasteiger partial charge in [-0.2, -0.15) is 8.78 Å². The summed E-state index contributed by atoms with van der Waals surface area (Å²) in [6.45, 7) is 3.91. The fourth-order valence-corrected chi connectivity index (χ4v) is 1.37. The van der Waals surface area contributed by atoms with Crippen molar-refractivity contribution in [1.82, 2.24) is 0 Å². The van der Waals surface area contributed by atoms with Gasteiger partial charge in [0.2, 0.25) is 0 Å². The summed E-state index contributed by atoms with van der Waals surface area (Å²) < 4.78 is 55.2. The van der Waals surface area contributed by atoms with Crippen molar-refractivity contribution < 1.29 is 27.1 Å². The molecule has 1 N–H and O–H groups in total. The van der Waals surface area contributed by atoms with Gasteiger partial charge < -0.3 is 10.1 Å². The first-order valence-electron chi connectivity index (χ1n) is 6.00. The quantitative estimate of drug-likeness (QED) is 0.813. The third-order valence-electron chi connectivity index (χ3n) is 2.42. The molecule has 0 heterocycles. The summed E-state index contributed by atoms with van der Waals surface area (Å²) in [6.07, 6.45) is -3.39. The van der Waals surface area contributed by atoms with Gasteiger partial charge in [-0.05, 0) is 31.0 Å². The zero-order valence-electron chi connectivity index (χ0n) is 11.1. The number of aryl methyl sites for hydroxylation is 1. The van der Waals surface area contributed by atoms with Crippen LogP contribution in [0.4, 0.5) is 23.2 Å². The van der Waals surface area contributed by atoms with Crippen LogP contribution in [-0.2, 0) is 4.79 Å². The number of ether oxygens (including phenoxy) is 1. The molecule has 1 aromatic rings. The van der Waals surface area contributed by atoms with E-state index in [2.05, 4.69) is 0 Å². The highest BCUT2D eigenvalue weighted by atomic mass is 19.3. The summed E-state index contributed by atoms with van der Waals surface area (Å²) in [4.78, 5) is 11.2. The number of alkyl halides is 4. The maximum absolute atomic E-state index is 12.9. The first-order valence-corrected chi connectivity index (χ1v) is 6.00. The van der Waals surface area contributed by atoms with Gasteiger partial charge in [0, 0.05) is 0 Å². The summed E-state index contributed by atoms with van der Waals surface area (Å²) in [6, 6.07) is 4.42. The molecule has 1 rings (SSSR count). The Morgan fingerprint density at radius 1 is 1.40 bits per heavy atom. The van der Waals surface area contributed by atoms with Crippen LogP contribution in [0.25, 0.3) is 0 Å². The van der Waals surface area contributed by atoms with Crippen molar-refractivity contribution >= 4 is 11.6 Å². The van der Waals surface area contributed by atoms with Crippen LogP contribution in [0, 0.1) is 6.92 Å². The molecule has 0 unspecified atom stereocenters. The minimum absolute atomic E-state index is 0.0608. The van der Waals surface area contributed by atoms with Gasteiger partial charge in [0.15, 0.2) is 0 Å². The minimum atomic E-state index is -4.74. The van der Waals surface area contributed by atoms with E-state index in [1.54, 1.807) is 18.3 Å². The third-order valence-corrected chi connectivity index (χ3v) is 2.42. The average molecular weight is 293 g/mol. The lowest BCUT2D eigenvalue weighted by atomic mass is 10.2. The number of halogens is 4. The second kappa shape index (κ2) is 6.58. The van der Waals surface area contributed by atoms with Crippen LogP contribution in [0.3, 0.4) is 0 Å². The Hall–Kier alpha value is -1.79. The number of benzene rings is 1. The number of hydrogen-bond donors (Lipinski definition) is 1. The lowest BCUT2D eigenvalue weighted by molar-refractivity contribution is -0.163. The van der Waals surface area contributed by atoms with Crippen LogP contribution in [0.1, 0.15) is 18.9 Å². The zero-order valence-corrected chi connectivity index (χ0v) is 11.1. The Kier molecular flexibility index (Phi) is 5.35. The fraction of sp³-hybridized carbons (Fsp3) is 0.462. The summed E-state index contributed by atoms with van der Waals surface area (Å²) >= 11 is 0. The van der Waals surface area contributed by atoms with Crippen molar-refractivity contribution in [2.24, 2.45) is 0 Å². The van der Waals surface area contributed by atoms with Crippen molar-refractivity contribution in [2.75, 3.05) is 11.9 Å².